The third-order valence-corrected chi connectivity index (χ3v) is 3.81. The Morgan fingerprint density at radius 2 is 2.32 bits per heavy atom. The number of aldehydes is 1. The van der Waals surface area contributed by atoms with Gasteiger partial charge in [0.05, 0.1) is 6.61 Å². The zero-order chi connectivity index (χ0) is 13.8. The minimum absolute atomic E-state index is 0.475. The lowest BCUT2D eigenvalue weighted by molar-refractivity contribution is 0.112. The van der Waals surface area contributed by atoms with Crippen LogP contribution in [0.4, 0.5) is 5.82 Å². The molecule has 1 aliphatic carbocycles. The van der Waals surface area contributed by atoms with Crippen molar-refractivity contribution >= 4 is 12.1 Å². The molecule has 1 aromatic rings. The van der Waals surface area contributed by atoms with Crippen LogP contribution < -0.4 is 4.90 Å². The number of aromatic nitrogens is 1. The summed E-state index contributed by atoms with van der Waals surface area (Å²) in [6.45, 7) is 5.78. The fourth-order valence-electron chi connectivity index (χ4n) is 2.48. The SMILES string of the molecule is COCCN(c1ncc(C=O)cc1C)C(C)C1CC1. The van der Waals surface area contributed by atoms with Crippen molar-refractivity contribution in [2.75, 3.05) is 25.2 Å². The summed E-state index contributed by atoms with van der Waals surface area (Å²) in [5.41, 5.74) is 1.68. The first kappa shape index (κ1) is 14.0. The van der Waals surface area contributed by atoms with E-state index < -0.39 is 0 Å². The van der Waals surface area contributed by atoms with E-state index in [0.29, 0.717) is 18.2 Å². The van der Waals surface area contributed by atoms with E-state index in [4.69, 9.17) is 4.74 Å². The second-order valence-corrected chi connectivity index (χ2v) is 5.29. The summed E-state index contributed by atoms with van der Waals surface area (Å²) in [6.07, 6.45) is 5.09. The van der Waals surface area contributed by atoms with Crippen LogP contribution in [0.25, 0.3) is 0 Å². The number of nitrogens with zero attached hydrogens (tertiary/aromatic N) is 2. The van der Waals surface area contributed by atoms with Crippen LogP contribution >= 0.6 is 0 Å². The summed E-state index contributed by atoms with van der Waals surface area (Å²) in [5, 5.41) is 0. The normalized spacial score (nSPS) is 16.2. The molecule has 4 heteroatoms. The van der Waals surface area contributed by atoms with Gasteiger partial charge in [-0.1, -0.05) is 0 Å². The predicted octanol–water partition coefficient (Wildman–Crippen LogP) is 2.45. The van der Waals surface area contributed by atoms with E-state index >= 15 is 0 Å². The minimum atomic E-state index is 0.475. The van der Waals surface area contributed by atoms with Crippen LogP contribution in [0.2, 0.25) is 0 Å². The summed E-state index contributed by atoms with van der Waals surface area (Å²) in [7, 11) is 1.72. The maximum atomic E-state index is 10.8. The first-order valence-corrected chi connectivity index (χ1v) is 6.84. The number of hydrogen-bond acceptors (Lipinski definition) is 4. The van der Waals surface area contributed by atoms with Gasteiger partial charge < -0.3 is 9.64 Å². The Balaban J connectivity index is 2.22. The predicted molar refractivity (Wildman–Crippen MR) is 75.8 cm³/mol. The van der Waals surface area contributed by atoms with E-state index in [-0.39, 0.29) is 0 Å². The van der Waals surface area contributed by atoms with Crippen molar-refractivity contribution in [3.05, 3.63) is 23.4 Å². The molecule has 0 amide bonds. The molecule has 0 aliphatic heterocycles. The van der Waals surface area contributed by atoms with Crippen LogP contribution in [0.5, 0.6) is 0 Å². The number of methoxy groups -OCH3 is 1. The van der Waals surface area contributed by atoms with Crippen LogP contribution in [0, 0.1) is 12.8 Å². The van der Waals surface area contributed by atoms with Crippen LogP contribution in [0.15, 0.2) is 12.3 Å². The monoisotopic (exact) mass is 262 g/mol. The average molecular weight is 262 g/mol. The fourth-order valence-corrected chi connectivity index (χ4v) is 2.48. The third kappa shape index (κ3) is 3.32. The molecule has 0 N–H and O–H groups in total. The fraction of sp³-hybridized carbons (Fsp3) is 0.600. The second kappa shape index (κ2) is 6.15. The van der Waals surface area contributed by atoms with E-state index in [9.17, 15) is 4.79 Å². The molecule has 0 aromatic carbocycles. The zero-order valence-corrected chi connectivity index (χ0v) is 11.9. The highest BCUT2D eigenvalue weighted by Crippen LogP contribution is 2.37. The lowest BCUT2D eigenvalue weighted by Gasteiger charge is -2.31. The molecule has 19 heavy (non-hydrogen) atoms. The maximum Gasteiger partial charge on any atom is 0.151 e. The molecule has 4 nitrogen and oxygen atoms in total. The summed E-state index contributed by atoms with van der Waals surface area (Å²) in [6, 6.07) is 2.37. The van der Waals surface area contributed by atoms with Crippen LogP contribution in [-0.2, 0) is 4.74 Å². The highest BCUT2D eigenvalue weighted by Gasteiger charge is 2.33. The molecule has 0 radical (unpaired) electrons. The number of aryl methyl sites for hydroxylation is 1. The van der Waals surface area contributed by atoms with E-state index in [2.05, 4.69) is 16.8 Å². The van der Waals surface area contributed by atoms with Gasteiger partial charge in [-0.25, -0.2) is 4.98 Å². The highest BCUT2D eigenvalue weighted by molar-refractivity contribution is 5.75. The third-order valence-electron chi connectivity index (χ3n) is 3.81. The number of carbonyl (C=O) groups excluding carboxylic acids is 1. The Morgan fingerprint density at radius 3 is 2.84 bits per heavy atom. The molecule has 1 atom stereocenters. The Morgan fingerprint density at radius 1 is 1.58 bits per heavy atom. The molecule has 1 saturated carbocycles. The van der Waals surface area contributed by atoms with Gasteiger partial charge in [-0.15, -0.1) is 0 Å². The summed E-state index contributed by atoms with van der Waals surface area (Å²) < 4.78 is 5.20. The summed E-state index contributed by atoms with van der Waals surface area (Å²) in [5.74, 6) is 1.74. The van der Waals surface area contributed by atoms with Crippen LogP contribution in [-0.4, -0.2) is 37.6 Å². The van der Waals surface area contributed by atoms with Crippen LogP contribution in [0.1, 0.15) is 35.7 Å². The van der Waals surface area contributed by atoms with E-state index in [1.165, 1.54) is 12.8 Å². The molecular formula is C15H22N2O2. The number of rotatable bonds is 7. The second-order valence-electron chi connectivity index (χ2n) is 5.29. The molecule has 1 fully saturated rings. The Kier molecular flexibility index (Phi) is 4.53. The Bertz CT molecular complexity index is 444. The number of hydrogen-bond donors (Lipinski definition) is 0. The molecule has 0 spiro atoms. The maximum absolute atomic E-state index is 10.8. The van der Waals surface area contributed by atoms with Gasteiger partial charge in [0.25, 0.3) is 0 Å². The van der Waals surface area contributed by atoms with Crippen molar-refractivity contribution in [2.45, 2.75) is 32.7 Å². The first-order valence-electron chi connectivity index (χ1n) is 6.84. The number of pyridine rings is 1. The molecule has 1 aromatic heterocycles. The van der Waals surface area contributed by atoms with E-state index in [1.54, 1.807) is 13.3 Å². The Hall–Kier alpha value is -1.42. The van der Waals surface area contributed by atoms with Crippen molar-refractivity contribution in [1.82, 2.24) is 4.98 Å². The molecule has 1 aliphatic rings. The van der Waals surface area contributed by atoms with Crippen molar-refractivity contribution in [3.8, 4) is 0 Å². The molecule has 104 valence electrons. The highest BCUT2D eigenvalue weighted by atomic mass is 16.5. The molecule has 2 rings (SSSR count). The molecule has 1 heterocycles. The quantitative estimate of drug-likeness (QED) is 0.708. The van der Waals surface area contributed by atoms with Gasteiger partial charge >= 0.3 is 0 Å². The van der Waals surface area contributed by atoms with Gasteiger partial charge in [-0.3, -0.25) is 4.79 Å². The van der Waals surface area contributed by atoms with Gasteiger partial charge in [0.15, 0.2) is 6.29 Å². The largest absolute Gasteiger partial charge is 0.383 e. The topological polar surface area (TPSA) is 42.4 Å². The van der Waals surface area contributed by atoms with Crippen molar-refractivity contribution in [1.29, 1.82) is 0 Å². The molecule has 0 bridgehead atoms. The van der Waals surface area contributed by atoms with Crippen molar-refractivity contribution < 1.29 is 9.53 Å². The van der Waals surface area contributed by atoms with Crippen molar-refractivity contribution in [2.24, 2.45) is 5.92 Å². The lowest BCUT2D eigenvalue weighted by Crippen LogP contribution is -2.38. The first-order chi connectivity index (χ1) is 9.17. The van der Waals surface area contributed by atoms with Gasteiger partial charge in [-0.2, -0.15) is 0 Å². The van der Waals surface area contributed by atoms with Crippen molar-refractivity contribution in [3.63, 3.8) is 0 Å². The van der Waals surface area contributed by atoms with Gasteiger partial charge in [0.1, 0.15) is 5.82 Å². The summed E-state index contributed by atoms with van der Waals surface area (Å²) >= 11 is 0. The summed E-state index contributed by atoms with van der Waals surface area (Å²) in [4.78, 5) is 17.6. The number of ether oxygens (including phenoxy) is 1. The Labute approximate surface area is 114 Å². The average Bonchev–Trinajstić information content (AvgIpc) is 3.24. The van der Waals surface area contributed by atoms with Gasteiger partial charge in [0.2, 0.25) is 0 Å². The lowest BCUT2D eigenvalue weighted by atomic mass is 10.1. The smallest absolute Gasteiger partial charge is 0.151 e. The molecule has 1 unspecified atom stereocenters. The number of anilines is 1. The van der Waals surface area contributed by atoms with Crippen LogP contribution in [0.3, 0.4) is 0 Å². The zero-order valence-electron chi connectivity index (χ0n) is 11.9. The van der Waals surface area contributed by atoms with Gasteiger partial charge in [-0.05, 0) is 44.2 Å². The van der Waals surface area contributed by atoms with E-state index in [0.717, 1.165) is 30.1 Å². The van der Waals surface area contributed by atoms with Gasteiger partial charge in [0, 0.05) is 31.5 Å². The standard InChI is InChI=1S/C15H22N2O2/c1-11-8-13(10-18)9-16-15(11)17(6-7-19-3)12(2)14-4-5-14/h8-10,12,14H,4-7H2,1-3H3. The minimum Gasteiger partial charge on any atom is -0.383 e. The number of carbonyl (C=O) groups is 1. The van der Waals surface area contributed by atoms with E-state index in [1.807, 2.05) is 13.0 Å². The molecular weight excluding hydrogens is 240 g/mol. The molecule has 0 saturated heterocycles.